The molecule has 0 N–H and O–H groups in total. The van der Waals surface area contributed by atoms with Crippen molar-refractivity contribution in [3.8, 4) is 0 Å². The number of aromatic nitrogens is 1. The number of carbonyl (C=O) groups is 1. The second-order valence-electron chi connectivity index (χ2n) is 8.02. The molecule has 5 nitrogen and oxygen atoms in total. The van der Waals surface area contributed by atoms with Crippen molar-refractivity contribution in [2.45, 2.75) is 52.0 Å². The van der Waals surface area contributed by atoms with Crippen molar-refractivity contribution in [2.24, 2.45) is 11.3 Å². The van der Waals surface area contributed by atoms with Crippen LogP contribution in [0.15, 0.2) is 18.2 Å². The first kappa shape index (κ1) is 17.0. The molecule has 3 aliphatic rings. The summed E-state index contributed by atoms with van der Waals surface area (Å²) in [7, 11) is 0. The third kappa shape index (κ3) is 3.44. The quantitative estimate of drug-likeness (QED) is 0.846. The fourth-order valence-corrected chi connectivity index (χ4v) is 4.99. The number of amides is 1. The molecule has 2 atom stereocenters. The molecule has 1 spiro atoms. The van der Waals surface area contributed by atoms with Gasteiger partial charge in [0.25, 0.3) is 0 Å². The second kappa shape index (κ2) is 7.04. The van der Waals surface area contributed by atoms with E-state index in [4.69, 9.17) is 4.84 Å². The van der Waals surface area contributed by atoms with Crippen LogP contribution in [0.4, 0.5) is 0 Å². The Labute approximate surface area is 150 Å². The number of carbonyl (C=O) groups excluding carboxylic acids is 1. The van der Waals surface area contributed by atoms with Gasteiger partial charge in [0, 0.05) is 31.2 Å². The molecule has 0 aromatic carbocycles. The minimum absolute atomic E-state index is 0.140. The van der Waals surface area contributed by atoms with E-state index in [1.807, 2.05) is 13.0 Å². The maximum absolute atomic E-state index is 13.0. The van der Waals surface area contributed by atoms with Crippen LogP contribution in [0.25, 0.3) is 0 Å². The Morgan fingerprint density at radius 3 is 3.00 bits per heavy atom. The Bertz CT molecular complexity index is 629. The Morgan fingerprint density at radius 1 is 1.28 bits per heavy atom. The van der Waals surface area contributed by atoms with Crippen molar-refractivity contribution in [1.29, 1.82) is 0 Å². The number of aryl methyl sites for hydroxylation is 1. The predicted octanol–water partition coefficient (Wildman–Crippen LogP) is 2.94. The summed E-state index contributed by atoms with van der Waals surface area (Å²) >= 11 is 0. The summed E-state index contributed by atoms with van der Waals surface area (Å²) in [6.45, 7) is 6.48. The van der Waals surface area contributed by atoms with Gasteiger partial charge >= 0.3 is 0 Å². The first-order chi connectivity index (χ1) is 12.2. The second-order valence-corrected chi connectivity index (χ2v) is 8.02. The lowest BCUT2D eigenvalue weighted by Crippen LogP contribution is -2.45. The maximum atomic E-state index is 13.0. The van der Waals surface area contributed by atoms with Crippen molar-refractivity contribution in [2.75, 3.05) is 26.2 Å². The molecule has 1 aromatic rings. The lowest BCUT2D eigenvalue weighted by Gasteiger charge is -2.35. The van der Waals surface area contributed by atoms with Crippen LogP contribution in [0.2, 0.25) is 0 Å². The molecule has 1 saturated carbocycles. The zero-order valence-electron chi connectivity index (χ0n) is 15.2. The smallest absolute Gasteiger partial charge is 0.249 e. The molecular weight excluding hydrogens is 314 g/mol. The highest BCUT2D eigenvalue weighted by Gasteiger charge is 2.51. The largest absolute Gasteiger partial charge is 0.297 e. The van der Waals surface area contributed by atoms with Crippen LogP contribution >= 0.6 is 0 Å². The van der Waals surface area contributed by atoms with E-state index in [-0.39, 0.29) is 17.2 Å². The first-order valence-corrected chi connectivity index (χ1v) is 9.75. The molecule has 0 bridgehead atoms. The lowest BCUT2D eigenvalue weighted by atomic mass is 9.76. The normalized spacial score (nSPS) is 30.3. The van der Waals surface area contributed by atoms with Gasteiger partial charge in [-0.05, 0) is 63.1 Å². The van der Waals surface area contributed by atoms with Crippen LogP contribution in [0.1, 0.15) is 49.9 Å². The zero-order chi connectivity index (χ0) is 17.3. The fraction of sp³-hybridized carbons (Fsp3) is 0.700. The molecule has 2 saturated heterocycles. The molecule has 1 aliphatic carbocycles. The molecule has 5 heteroatoms. The highest BCUT2D eigenvalue weighted by molar-refractivity contribution is 5.79. The Hall–Kier alpha value is -1.46. The number of rotatable bonds is 3. The molecule has 4 rings (SSSR count). The molecule has 1 amide bonds. The molecule has 0 unspecified atom stereocenters. The van der Waals surface area contributed by atoms with Crippen molar-refractivity contribution in [1.82, 2.24) is 14.9 Å². The predicted molar refractivity (Wildman–Crippen MR) is 95.5 cm³/mol. The summed E-state index contributed by atoms with van der Waals surface area (Å²) in [5, 5.41) is 1.67. The Kier molecular flexibility index (Phi) is 4.78. The van der Waals surface area contributed by atoms with E-state index in [2.05, 4.69) is 22.0 Å². The molecule has 25 heavy (non-hydrogen) atoms. The van der Waals surface area contributed by atoms with E-state index in [1.165, 1.54) is 12.8 Å². The summed E-state index contributed by atoms with van der Waals surface area (Å²) in [6, 6.07) is 6.23. The number of hydroxylamine groups is 2. The zero-order valence-corrected chi connectivity index (χ0v) is 15.2. The van der Waals surface area contributed by atoms with Crippen LogP contribution in [-0.2, 0) is 16.2 Å². The number of likely N-dealkylation sites (tertiary alicyclic amines) is 1. The third-order valence-corrected chi connectivity index (χ3v) is 6.25. The molecule has 136 valence electrons. The van der Waals surface area contributed by atoms with Crippen molar-refractivity contribution >= 4 is 5.91 Å². The van der Waals surface area contributed by atoms with E-state index in [1.54, 1.807) is 5.06 Å². The average Bonchev–Trinajstić information content (AvgIpc) is 3.22. The number of pyridine rings is 1. The van der Waals surface area contributed by atoms with Gasteiger partial charge in [0.15, 0.2) is 0 Å². The van der Waals surface area contributed by atoms with Gasteiger partial charge in [-0.1, -0.05) is 12.5 Å². The minimum atomic E-state index is 0.140. The Balaban J connectivity index is 1.43. The highest BCUT2D eigenvalue weighted by Crippen LogP contribution is 2.50. The SMILES string of the molecule is Cc1cccc(CN2CC[C@]3(CCC[C@H]3C(=O)N3CCCCO3)C2)n1. The molecule has 3 fully saturated rings. The van der Waals surface area contributed by atoms with Crippen LogP contribution in [-0.4, -0.2) is 47.1 Å². The maximum Gasteiger partial charge on any atom is 0.249 e. The molecule has 0 radical (unpaired) electrons. The molecular formula is C20H29N3O2. The van der Waals surface area contributed by atoms with Gasteiger partial charge in [-0.25, -0.2) is 5.06 Å². The fourth-order valence-electron chi connectivity index (χ4n) is 4.99. The van der Waals surface area contributed by atoms with Gasteiger partial charge in [0.1, 0.15) is 0 Å². The minimum Gasteiger partial charge on any atom is -0.297 e. The topological polar surface area (TPSA) is 45.7 Å². The average molecular weight is 343 g/mol. The number of hydrogen-bond acceptors (Lipinski definition) is 4. The lowest BCUT2D eigenvalue weighted by molar-refractivity contribution is -0.204. The van der Waals surface area contributed by atoms with Crippen LogP contribution in [0.5, 0.6) is 0 Å². The highest BCUT2D eigenvalue weighted by atomic mass is 16.7. The van der Waals surface area contributed by atoms with E-state index in [0.29, 0.717) is 6.61 Å². The van der Waals surface area contributed by atoms with E-state index in [0.717, 1.165) is 63.3 Å². The van der Waals surface area contributed by atoms with Crippen molar-refractivity contribution in [3.63, 3.8) is 0 Å². The summed E-state index contributed by atoms with van der Waals surface area (Å²) in [6.07, 6.45) is 6.63. The van der Waals surface area contributed by atoms with E-state index < -0.39 is 0 Å². The van der Waals surface area contributed by atoms with Gasteiger partial charge in [0.2, 0.25) is 5.91 Å². The third-order valence-electron chi connectivity index (χ3n) is 6.25. The molecule has 2 aliphatic heterocycles. The van der Waals surface area contributed by atoms with Gasteiger partial charge in [-0.2, -0.15) is 0 Å². The van der Waals surface area contributed by atoms with Crippen LogP contribution in [0.3, 0.4) is 0 Å². The van der Waals surface area contributed by atoms with Crippen LogP contribution in [0, 0.1) is 18.3 Å². The van der Waals surface area contributed by atoms with Crippen molar-refractivity contribution in [3.05, 3.63) is 29.6 Å². The van der Waals surface area contributed by atoms with Crippen molar-refractivity contribution < 1.29 is 9.63 Å². The molecule has 1 aromatic heterocycles. The number of hydrogen-bond donors (Lipinski definition) is 0. The monoisotopic (exact) mass is 343 g/mol. The summed E-state index contributed by atoms with van der Waals surface area (Å²) in [4.78, 5) is 25.8. The Morgan fingerprint density at radius 2 is 2.20 bits per heavy atom. The first-order valence-electron chi connectivity index (χ1n) is 9.75. The summed E-state index contributed by atoms with van der Waals surface area (Å²) in [5.74, 6) is 0.383. The standard InChI is InChI=1S/C20H29N3O2/c1-16-6-4-7-17(21-16)14-22-12-10-20(15-22)9-5-8-18(20)19(24)23-11-2-3-13-25-23/h4,6-7,18H,2-3,5,8-15H2,1H3/t18-,20+/m0/s1. The van der Waals surface area contributed by atoms with E-state index >= 15 is 0 Å². The molecule has 3 heterocycles. The van der Waals surface area contributed by atoms with Gasteiger partial charge in [-0.15, -0.1) is 0 Å². The van der Waals surface area contributed by atoms with Gasteiger partial charge in [0.05, 0.1) is 12.3 Å². The van der Waals surface area contributed by atoms with Crippen LogP contribution < -0.4 is 0 Å². The summed E-state index contributed by atoms with van der Waals surface area (Å²) in [5.41, 5.74) is 2.36. The number of nitrogens with zero attached hydrogens (tertiary/aromatic N) is 3. The van der Waals surface area contributed by atoms with E-state index in [9.17, 15) is 4.79 Å². The van der Waals surface area contributed by atoms with Gasteiger partial charge < -0.3 is 0 Å². The van der Waals surface area contributed by atoms with Gasteiger partial charge in [-0.3, -0.25) is 19.5 Å². The summed E-state index contributed by atoms with van der Waals surface area (Å²) < 4.78 is 0.